The van der Waals surface area contributed by atoms with Gasteiger partial charge in [0.1, 0.15) is 5.01 Å². The number of thioether (sulfide) groups is 1. The summed E-state index contributed by atoms with van der Waals surface area (Å²) in [5.74, 6) is 0.364. The fourth-order valence-corrected chi connectivity index (χ4v) is 4.24. The van der Waals surface area contributed by atoms with Gasteiger partial charge in [0, 0.05) is 30.0 Å². The third-order valence-electron chi connectivity index (χ3n) is 3.80. The molecule has 2 amide bonds. The second-order valence-corrected chi connectivity index (χ2v) is 8.58. The standard InChI is InChI=1S/C20H19ClN4O2S2/c21-16-9-5-4-8-15(16)19(27)22-12-10-18-24-25-20(29-18)23-17(26)11-13-28-14-6-2-1-3-7-14/h1-9H,10-13H2,(H,22,27)(H,23,25,26). The van der Waals surface area contributed by atoms with Crippen molar-refractivity contribution in [2.45, 2.75) is 17.7 Å². The molecule has 0 spiro atoms. The van der Waals surface area contributed by atoms with Crippen LogP contribution in [0.25, 0.3) is 0 Å². The first kappa shape index (κ1) is 21.3. The molecule has 1 aromatic heterocycles. The number of nitrogens with one attached hydrogen (secondary N) is 2. The lowest BCUT2D eigenvalue weighted by atomic mass is 10.2. The molecule has 6 nitrogen and oxygen atoms in total. The van der Waals surface area contributed by atoms with Gasteiger partial charge in [-0.2, -0.15) is 0 Å². The van der Waals surface area contributed by atoms with E-state index in [1.165, 1.54) is 11.3 Å². The fourth-order valence-electron chi connectivity index (χ4n) is 2.39. The van der Waals surface area contributed by atoms with Gasteiger partial charge in [-0.05, 0) is 24.3 Å². The molecule has 1 heterocycles. The highest BCUT2D eigenvalue weighted by atomic mass is 35.5. The molecule has 0 saturated carbocycles. The van der Waals surface area contributed by atoms with E-state index in [1.807, 2.05) is 30.3 Å². The number of hydrogen-bond acceptors (Lipinski definition) is 6. The summed E-state index contributed by atoms with van der Waals surface area (Å²) in [6.07, 6.45) is 0.913. The number of anilines is 1. The normalized spacial score (nSPS) is 10.5. The first-order valence-electron chi connectivity index (χ1n) is 8.94. The Morgan fingerprint density at radius 3 is 2.59 bits per heavy atom. The first-order chi connectivity index (χ1) is 14.1. The molecule has 29 heavy (non-hydrogen) atoms. The second-order valence-electron chi connectivity index (χ2n) is 5.95. The number of rotatable bonds is 9. The van der Waals surface area contributed by atoms with Crippen LogP contribution in [0.2, 0.25) is 5.02 Å². The number of halogens is 1. The average Bonchev–Trinajstić information content (AvgIpc) is 3.16. The van der Waals surface area contributed by atoms with Gasteiger partial charge in [0.05, 0.1) is 10.6 Å². The van der Waals surface area contributed by atoms with Crippen LogP contribution in [0.15, 0.2) is 59.5 Å². The van der Waals surface area contributed by atoms with Crippen LogP contribution in [0.5, 0.6) is 0 Å². The molecule has 3 rings (SSSR count). The Morgan fingerprint density at radius 1 is 1.03 bits per heavy atom. The summed E-state index contributed by atoms with van der Waals surface area (Å²) in [5, 5.41) is 15.2. The molecule has 3 aromatic rings. The lowest BCUT2D eigenvalue weighted by molar-refractivity contribution is -0.115. The quantitative estimate of drug-likeness (QED) is 0.479. The van der Waals surface area contributed by atoms with E-state index in [2.05, 4.69) is 20.8 Å². The highest BCUT2D eigenvalue weighted by Gasteiger charge is 2.11. The van der Waals surface area contributed by atoms with Crippen molar-refractivity contribution in [2.24, 2.45) is 0 Å². The van der Waals surface area contributed by atoms with Gasteiger partial charge in [0.15, 0.2) is 0 Å². The Hall–Kier alpha value is -2.42. The van der Waals surface area contributed by atoms with Crippen molar-refractivity contribution < 1.29 is 9.59 Å². The summed E-state index contributed by atoms with van der Waals surface area (Å²) in [5.41, 5.74) is 0.438. The van der Waals surface area contributed by atoms with Crippen molar-refractivity contribution in [2.75, 3.05) is 17.6 Å². The molecule has 0 unspecified atom stereocenters. The fraction of sp³-hybridized carbons (Fsp3) is 0.200. The lowest BCUT2D eigenvalue weighted by Gasteiger charge is -2.05. The van der Waals surface area contributed by atoms with Crippen molar-refractivity contribution in [1.29, 1.82) is 0 Å². The molecule has 0 aliphatic rings. The van der Waals surface area contributed by atoms with E-state index < -0.39 is 0 Å². The van der Waals surface area contributed by atoms with Gasteiger partial charge in [0.25, 0.3) is 5.91 Å². The van der Waals surface area contributed by atoms with Crippen molar-refractivity contribution in [3.05, 3.63) is 70.2 Å². The number of benzene rings is 2. The van der Waals surface area contributed by atoms with Crippen LogP contribution in [0.1, 0.15) is 21.8 Å². The van der Waals surface area contributed by atoms with E-state index in [4.69, 9.17) is 11.6 Å². The van der Waals surface area contributed by atoms with Crippen LogP contribution in [0, 0.1) is 0 Å². The van der Waals surface area contributed by atoms with Crippen LogP contribution in [0.3, 0.4) is 0 Å². The van der Waals surface area contributed by atoms with Crippen molar-refractivity contribution in [3.8, 4) is 0 Å². The monoisotopic (exact) mass is 446 g/mol. The minimum atomic E-state index is -0.232. The van der Waals surface area contributed by atoms with Crippen LogP contribution in [-0.2, 0) is 11.2 Å². The Bertz CT molecular complexity index is 966. The molecular formula is C20H19ClN4O2S2. The van der Waals surface area contributed by atoms with Gasteiger partial charge in [-0.15, -0.1) is 22.0 Å². The summed E-state index contributed by atoms with van der Waals surface area (Å²) in [4.78, 5) is 25.3. The molecule has 9 heteroatoms. The molecule has 0 saturated heterocycles. The predicted octanol–water partition coefficient (Wildman–Crippen LogP) is 4.28. The van der Waals surface area contributed by atoms with Crippen LogP contribution in [0.4, 0.5) is 5.13 Å². The summed E-state index contributed by atoms with van der Waals surface area (Å²) in [7, 11) is 0. The highest BCUT2D eigenvalue weighted by molar-refractivity contribution is 7.99. The van der Waals surface area contributed by atoms with Gasteiger partial charge in [0.2, 0.25) is 11.0 Å². The first-order valence-corrected chi connectivity index (χ1v) is 11.1. The van der Waals surface area contributed by atoms with E-state index in [0.29, 0.717) is 40.9 Å². The van der Waals surface area contributed by atoms with Crippen molar-refractivity contribution in [1.82, 2.24) is 15.5 Å². The number of carbonyl (C=O) groups is 2. The maximum Gasteiger partial charge on any atom is 0.252 e. The zero-order valence-electron chi connectivity index (χ0n) is 15.4. The summed E-state index contributed by atoms with van der Waals surface area (Å²) >= 11 is 8.95. The molecule has 150 valence electrons. The van der Waals surface area contributed by atoms with Crippen LogP contribution >= 0.6 is 34.7 Å². The Kier molecular flexibility index (Phi) is 8.03. The smallest absolute Gasteiger partial charge is 0.252 e. The molecule has 2 N–H and O–H groups in total. The Morgan fingerprint density at radius 2 is 1.79 bits per heavy atom. The summed E-state index contributed by atoms with van der Waals surface area (Å²) in [6.45, 7) is 0.403. The molecule has 0 aliphatic carbocycles. The largest absolute Gasteiger partial charge is 0.352 e. The second kappa shape index (κ2) is 10.9. The van der Waals surface area contributed by atoms with Crippen molar-refractivity contribution >= 4 is 51.6 Å². The maximum atomic E-state index is 12.1. The molecular weight excluding hydrogens is 428 g/mol. The molecule has 0 aliphatic heterocycles. The number of amides is 2. The zero-order chi connectivity index (χ0) is 20.5. The summed E-state index contributed by atoms with van der Waals surface area (Å²) in [6, 6.07) is 16.8. The van der Waals surface area contributed by atoms with Crippen LogP contribution < -0.4 is 10.6 Å². The molecule has 0 radical (unpaired) electrons. The Balaban J connectivity index is 1.38. The van der Waals surface area contributed by atoms with Gasteiger partial charge >= 0.3 is 0 Å². The zero-order valence-corrected chi connectivity index (χ0v) is 17.8. The maximum absolute atomic E-state index is 12.1. The number of carbonyl (C=O) groups excluding carboxylic acids is 2. The van der Waals surface area contributed by atoms with E-state index in [9.17, 15) is 9.59 Å². The van der Waals surface area contributed by atoms with Crippen LogP contribution in [-0.4, -0.2) is 34.3 Å². The van der Waals surface area contributed by atoms with Gasteiger partial charge < -0.3 is 10.6 Å². The minimum absolute atomic E-state index is 0.0943. The number of aromatic nitrogens is 2. The molecule has 0 atom stereocenters. The van der Waals surface area contributed by atoms with E-state index in [0.717, 1.165) is 9.90 Å². The SMILES string of the molecule is O=C(CCSc1ccccc1)Nc1nnc(CCNC(=O)c2ccccc2Cl)s1. The third-order valence-corrected chi connectivity index (χ3v) is 6.04. The predicted molar refractivity (Wildman–Crippen MR) is 118 cm³/mol. The van der Waals surface area contributed by atoms with Gasteiger partial charge in [-0.25, -0.2) is 0 Å². The summed E-state index contributed by atoms with van der Waals surface area (Å²) < 4.78 is 0. The molecule has 2 aromatic carbocycles. The number of hydrogen-bond donors (Lipinski definition) is 2. The van der Waals surface area contributed by atoms with E-state index in [1.54, 1.807) is 36.0 Å². The van der Waals surface area contributed by atoms with Crippen molar-refractivity contribution in [3.63, 3.8) is 0 Å². The topological polar surface area (TPSA) is 84.0 Å². The average molecular weight is 447 g/mol. The highest BCUT2D eigenvalue weighted by Crippen LogP contribution is 2.19. The molecule has 0 bridgehead atoms. The van der Waals surface area contributed by atoms with E-state index >= 15 is 0 Å². The lowest BCUT2D eigenvalue weighted by Crippen LogP contribution is -2.25. The van der Waals surface area contributed by atoms with E-state index in [-0.39, 0.29) is 11.8 Å². The number of nitrogens with zero attached hydrogens (tertiary/aromatic N) is 2. The van der Waals surface area contributed by atoms with Gasteiger partial charge in [-0.1, -0.05) is 53.3 Å². The Labute approximate surface area is 182 Å². The van der Waals surface area contributed by atoms with Gasteiger partial charge in [-0.3, -0.25) is 9.59 Å². The third kappa shape index (κ3) is 6.85. The minimum Gasteiger partial charge on any atom is -0.352 e. The molecule has 0 fully saturated rings.